The molecule has 20 heavy (non-hydrogen) atoms. The average molecular weight is 319 g/mol. The van der Waals surface area contributed by atoms with Gasteiger partial charge in [0.25, 0.3) is 10.0 Å². The van der Waals surface area contributed by atoms with Crippen molar-refractivity contribution in [3.05, 3.63) is 11.2 Å². The van der Waals surface area contributed by atoms with Crippen LogP contribution >= 0.6 is 11.3 Å². The number of esters is 1. The SMILES string of the molecule is COC(=O)c1ncsc1S(=O)(=O)N1CCNC(=O)CC1. The number of sulfonamides is 1. The van der Waals surface area contributed by atoms with Gasteiger partial charge < -0.3 is 10.1 Å². The molecule has 2 heterocycles. The quantitative estimate of drug-likeness (QED) is 0.749. The molecule has 8 nitrogen and oxygen atoms in total. The van der Waals surface area contributed by atoms with E-state index in [9.17, 15) is 18.0 Å². The summed E-state index contributed by atoms with van der Waals surface area (Å²) in [6, 6.07) is 0. The highest BCUT2D eigenvalue weighted by molar-refractivity contribution is 7.91. The second-order valence-corrected chi connectivity index (χ2v) is 6.97. The van der Waals surface area contributed by atoms with Crippen LogP contribution in [0, 0.1) is 0 Å². The van der Waals surface area contributed by atoms with E-state index in [2.05, 4.69) is 15.0 Å². The first kappa shape index (κ1) is 14.9. The van der Waals surface area contributed by atoms with Gasteiger partial charge in [-0.1, -0.05) is 0 Å². The van der Waals surface area contributed by atoms with Gasteiger partial charge in [0.05, 0.1) is 12.6 Å². The molecule has 2 rings (SSSR count). The van der Waals surface area contributed by atoms with Gasteiger partial charge in [-0.25, -0.2) is 18.2 Å². The van der Waals surface area contributed by atoms with Crippen LogP contribution in [0.3, 0.4) is 0 Å². The number of nitrogens with one attached hydrogen (secondary N) is 1. The molecule has 0 radical (unpaired) electrons. The van der Waals surface area contributed by atoms with E-state index >= 15 is 0 Å². The van der Waals surface area contributed by atoms with Gasteiger partial charge in [-0.2, -0.15) is 4.31 Å². The predicted molar refractivity (Wildman–Crippen MR) is 69.8 cm³/mol. The lowest BCUT2D eigenvalue weighted by Gasteiger charge is -2.18. The lowest BCUT2D eigenvalue weighted by molar-refractivity contribution is -0.120. The van der Waals surface area contributed by atoms with Crippen LogP contribution in [0.4, 0.5) is 0 Å². The fraction of sp³-hybridized carbons (Fsp3) is 0.500. The number of ether oxygens (including phenoxy) is 1. The van der Waals surface area contributed by atoms with E-state index < -0.39 is 16.0 Å². The standard InChI is InChI=1S/C10H13N3O5S2/c1-18-9(15)8-10(19-6-12-8)20(16,17)13-4-2-7(14)11-3-5-13/h6H,2-5H2,1H3,(H,11,14). The Labute approximate surface area is 119 Å². The van der Waals surface area contributed by atoms with Crippen molar-refractivity contribution >= 4 is 33.2 Å². The van der Waals surface area contributed by atoms with E-state index in [-0.39, 0.29) is 41.9 Å². The molecule has 110 valence electrons. The molecule has 1 aromatic rings. The van der Waals surface area contributed by atoms with E-state index in [0.717, 1.165) is 18.4 Å². The first-order valence-corrected chi connectivity index (χ1v) is 8.07. The van der Waals surface area contributed by atoms with E-state index in [1.807, 2.05) is 0 Å². The summed E-state index contributed by atoms with van der Waals surface area (Å²) < 4.78 is 30.5. The Balaban J connectivity index is 2.33. The van der Waals surface area contributed by atoms with Gasteiger partial charge in [-0.05, 0) is 0 Å². The van der Waals surface area contributed by atoms with Gasteiger partial charge in [-0.15, -0.1) is 11.3 Å². The van der Waals surface area contributed by atoms with Crippen LogP contribution in [0.2, 0.25) is 0 Å². The normalized spacial score (nSPS) is 17.4. The average Bonchev–Trinajstić information content (AvgIpc) is 2.81. The van der Waals surface area contributed by atoms with Gasteiger partial charge in [0, 0.05) is 26.1 Å². The number of rotatable bonds is 3. The van der Waals surface area contributed by atoms with Crippen molar-refractivity contribution in [2.75, 3.05) is 26.7 Å². The number of aromatic nitrogens is 1. The summed E-state index contributed by atoms with van der Waals surface area (Å²) in [5.74, 6) is -0.992. The molecular formula is C10H13N3O5S2. The summed E-state index contributed by atoms with van der Waals surface area (Å²) in [7, 11) is -2.70. The Morgan fingerprint density at radius 2 is 2.25 bits per heavy atom. The second-order valence-electron chi connectivity index (χ2n) is 3.98. The highest BCUT2D eigenvalue weighted by Crippen LogP contribution is 2.25. The molecule has 10 heteroatoms. The van der Waals surface area contributed by atoms with Crippen molar-refractivity contribution in [1.29, 1.82) is 0 Å². The zero-order valence-corrected chi connectivity index (χ0v) is 12.3. The molecule has 1 aliphatic rings. The predicted octanol–water partition coefficient (Wildman–Crippen LogP) is -0.560. The van der Waals surface area contributed by atoms with Gasteiger partial charge in [0.1, 0.15) is 0 Å². The van der Waals surface area contributed by atoms with Crippen molar-refractivity contribution in [2.24, 2.45) is 0 Å². The molecule has 1 aromatic heterocycles. The van der Waals surface area contributed by atoms with Gasteiger partial charge in [0.15, 0.2) is 9.90 Å². The monoisotopic (exact) mass is 319 g/mol. The largest absolute Gasteiger partial charge is 0.464 e. The van der Waals surface area contributed by atoms with E-state index in [4.69, 9.17) is 0 Å². The number of amides is 1. The molecule has 0 unspecified atom stereocenters. The van der Waals surface area contributed by atoms with Crippen LogP contribution in [-0.2, 0) is 19.6 Å². The van der Waals surface area contributed by atoms with E-state index in [1.54, 1.807) is 0 Å². The van der Waals surface area contributed by atoms with Gasteiger partial charge >= 0.3 is 5.97 Å². The Morgan fingerprint density at radius 3 is 2.95 bits per heavy atom. The van der Waals surface area contributed by atoms with Gasteiger partial charge in [-0.3, -0.25) is 4.79 Å². The molecule has 1 amide bonds. The molecule has 0 aliphatic carbocycles. The van der Waals surface area contributed by atoms with Crippen molar-refractivity contribution in [1.82, 2.24) is 14.6 Å². The van der Waals surface area contributed by atoms with Crippen LogP contribution in [0.1, 0.15) is 16.9 Å². The summed E-state index contributed by atoms with van der Waals surface area (Å²) in [5, 5.41) is 2.59. The highest BCUT2D eigenvalue weighted by atomic mass is 32.2. The molecule has 0 bridgehead atoms. The van der Waals surface area contributed by atoms with Crippen molar-refractivity contribution in [2.45, 2.75) is 10.6 Å². The molecule has 1 N–H and O–H groups in total. The lowest BCUT2D eigenvalue weighted by Crippen LogP contribution is -2.34. The van der Waals surface area contributed by atoms with Crippen LogP contribution in [0.5, 0.6) is 0 Å². The maximum absolute atomic E-state index is 12.5. The minimum Gasteiger partial charge on any atom is -0.464 e. The first-order valence-electron chi connectivity index (χ1n) is 5.75. The van der Waals surface area contributed by atoms with Crippen LogP contribution < -0.4 is 5.32 Å². The number of hydrogen-bond acceptors (Lipinski definition) is 7. The Kier molecular flexibility index (Phi) is 4.35. The van der Waals surface area contributed by atoms with E-state index in [1.165, 1.54) is 9.82 Å². The molecule has 0 atom stereocenters. The third-order valence-corrected chi connectivity index (χ3v) is 6.01. The Bertz CT molecular complexity index is 625. The summed E-state index contributed by atoms with van der Waals surface area (Å²) in [6.07, 6.45) is 0.0889. The fourth-order valence-electron chi connectivity index (χ4n) is 1.76. The van der Waals surface area contributed by atoms with Crippen molar-refractivity contribution in [3.8, 4) is 0 Å². The highest BCUT2D eigenvalue weighted by Gasteiger charge is 2.33. The smallest absolute Gasteiger partial charge is 0.358 e. The maximum atomic E-state index is 12.5. The third-order valence-electron chi connectivity index (χ3n) is 2.76. The zero-order chi connectivity index (χ0) is 14.8. The Hall–Kier alpha value is -1.52. The number of thiazole rings is 1. The number of carbonyl (C=O) groups is 2. The van der Waals surface area contributed by atoms with Crippen molar-refractivity contribution < 1.29 is 22.7 Å². The number of methoxy groups -OCH3 is 1. The van der Waals surface area contributed by atoms with E-state index in [0.29, 0.717) is 0 Å². The van der Waals surface area contributed by atoms with Crippen LogP contribution in [0.25, 0.3) is 0 Å². The Morgan fingerprint density at radius 1 is 1.50 bits per heavy atom. The summed E-state index contributed by atoms with van der Waals surface area (Å²) in [4.78, 5) is 26.5. The summed E-state index contributed by atoms with van der Waals surface area (Å²) >= 11 is 0.855. The fourth-order valence-corrected chi connectivity index (χ4v) is 4.47. The maximum Gasteiger partial charge on any atom is 0.358 e. The minimum absolute atomic E-state index is 0.0761. The zero-order valence-electron chi connectivity index (χ0n) is 10.7. The molecule has 1 aliphatic heterocycles. The molecular weight excluding hydrogens is 306 g/mol. The molecule has 0 spiro atoms. The van der Waals surface area contributed by atoms with Crippen LogP contribution in [0.15, 0.2) is 9.72 Å². The summed E-state index contributed by atoms with van der Waals surface area (Å²) in [6.45, 7) is 0.476. The molecule has 1 saturated heterocycles. The van der Waals surface area contributed by atoms with Crippen LogP contribution in [-0.4, -0.2) is 56.3 Å². The van der Waals surface area contributed by atoms with Crippen molar-refractivity contribution in [3.63, 3.8) is 0 Å². The molecule has 0 aromatic carbocycles. The lowest BCUT2D eigenvalue weighted by atomic mass is 10.4. The number of hydrogen-bond donors (Lipinski definition) is 1. The second kappa shape index (κ2) is 5.85. The number of nitrogens with zero attached hydrogens (tertiary/aromatic N) is 2. The number of carbonyl (C=O) groups excluding carboxylic acids is 2. The third kappa shape index (κ3) is 2.81. The topological polar surface area (TPSA) is 106 Å². The van der Waals surface area contributed by atoms with Gasteiger partial charge in [0.2, 0.25) is 5.91 Å². The first-order chi connectivity index (χ1) is 9.46. The summed E-state index contributed by atoms with van der Waals surface area (Å²) in [5.41, 5.74) is 1.06. The minimum atomic E-state index is -3.85. The molecule has 1 fully saturated rings. The molecule has 0 saturated carbocycles.